The molecule has 0 rings (SSSR count). The zero-order chi connectivity index (χ0) is 12.1. The molecule has 0 aromatic rings. The average molecular weight is 218 g/mol. The van der Waals surface area contributed by atoms with E-state index in [4.69, 9.17) is 10.8 Å². The number of nitrogens with two attached hydrogens (primary N) is 1. The predicted octanol–water partition coefficient (Wildman–Crippen LogP) is -0.215. The first kappa shape index (κ1) is 14.3. The minimum atomic E-state index is -1.03. The van der Waals surface area contributed by atoms with Crippen LogP contribution in [0.4, 0.5) is 0 Å². The summed E-state index contributed by atoms with van der Waals surface area (Å²) in [6, 6.07) is -0.910. The Morgan fingerprint density at radius 2 is 1.93 bits per heavy atom. The van der Waals surface area contributed by atoms with Crippen LogP contribution in [0.15, 0.2) is 0 Å². The summed E-state index contributed by atoms with van der Waals surface area (Å²) in [6.45, 7) is 6.67. The van der Waals surface area contributed by atoms with E-state index >= 15 is 0 Å². The Kier molecular flexibility index (Phi) is 5.79. The van der Waals surface area contributed by atoms with Gasteiger partial charge in [0.15, 0.2) is 0 Å². The highest BCUT2D eigenvalue weighted by atomic mass is 16.4. The summed E-state index contributed by atoms with van der Waals surface area (Å²) in [5, 5.41) is 20.9. The molecule has 0 aromatic heterocycles. The van der Waals surface area contributed by atoms with Crippen LogP contribution in [0.3, 0.4) is 0 Å². The normalized spacial score (nSPS) is 16.1. The van der Waals surface area contributed by atoms with Crippen LogP contribution < -0.4 is 11.1 Å². The van der Waals surface area contributed by atoms with Gasteiger partial charge in [-0.1, -0.05) is 20.8 Å². The number of aliphatic hydroxyl groups is 1. The van der Waals surface area contributed by atoms with Crippen molar-refractivity contribution >= 4 is 5.97 Å². The molecule has 0 bridgehead atoms. The standard InChI is InChI=1S/C10H22N2O3/c1-10(2,3)4-7(13)5-12-6-8(11)9(14)15/h7-8,12-13H,4-6,11H2,1-3H3,(H,14,15). The number of aliphatic hydroxyl groups excluding tert-OH is 1. The van der Waals surface area contributed by atoms with Crippen molar-refractivity contribution < 1.29 is 15.0 Å². The first-order valence-electron chi connectivity index (χ1n) is 5.09. The Morgan fingerprint density at radius 1 is 1.40 bits per heavy atom. The third-order valence-electron chi connectivity index (χ3n) is 1.91. The van der Waals surface area contributed by atoms with Crippen molar-refractivity contribution in [2.45, 2.75) is 39.3 Å². The maximum atomic E-state index is 10.4. The quantitative estimate of drug-likeness (QED) is 0.494. The van der Waals surface area contributed by atoms with Crippen molar-refractivity contribution in [3.8, 4) is 0 Å². The third kappa shape index (κ3) is 8.35. The zero-order valence-electron chi connectivity index (χ0n) is 9.66. The molecule has 5 heteroatoms. The van der Waals surface area contributed by atoms with E-state index < -0.39 is 18.1 Å². The molecule has 0 amide bonds. The summed E-state index contributed by atoms with van der Waals surface area (Å²) in [5.74, 6) is -1.03. The van der Waals surface area contributed by atoms with Gasteiger partial charge in [-0.15, -0.1) is 0 Å². The van der Waals surface area contributed by atoms with E-state index in [0.717, 1.165) is 0 Å². The number of carboxylic acid groups (broad SMARTS) is 1. The molecule has 15 heavy (non-hydrogen) atoms. The molecular weight excluding hydrogens is 196 g/mol. The molecule has 0 spiro atoms. The molecule has 0 saturated heterocycles. The number of carbonyl (C=O) groups is 1. The number of hydrogen-bond acceptors (Lipinski definition) is 4. The van der Waals surface area contributed by atoms with Crippen LogP contribution in [0.2, 0.25) is 0 Å². The Hall–Kier alpha value is -0.650. The topological polar surface area (TPSA) is 95.6 Å². The molecule has 0 saturated carbocycles. The van der Waals surface area contributed by atoms with Gasteiger partial charge in [0, 0.05) is 13.1 Å². The van der Waals surface area contributed by atoms with Gasteiger partial charge >= 0.3 is 5.97 Å². The minimum Gasteiger partial charge on any atom is -0.480 e. The molecule has 90 valence electrons. The summed E-state index contributed by atoms with van der Waals surface area (Å²) in [6.07, 6.45) is 0.202. The summed E-state index contributed by atoms with van der Waals surface area (Å²) in [7, 11) is 0. The van der Waals surface area contributed by atoms with Gasteiger partial charge in [0.05, 0.1) is 6.10 Å². The number of rotatable bonds is 6. The van der Waals surface area contributed by atoms with Gasteiger partial charge in [0.25, 0.3) is 0 Å². The molecule has 0 aliphatic rings. The summed E-state index contributed by atoms with van der Waals surface area (Å²) in [4.78, 5) is 10.4. The number of carboxylic acids is 1. The van der Waals surface area contributed by atoms with Crippen molar-refractivity contribution in [3.05, 3.63) is 0 Å². The van der Waals surface area contributed by atoms with E-state index in [1.807, 2.05) is 20.8 Å². The van der Waals surface area contributed by atoms with Gasteiger partial charge in [0.1, 0.15) is 6.04 Å². The fourth-order valence-electron chi connectivity index (χ4n) is 1.27. The molecule has 2 atom stereocenters. The van der Waals surface area contributed by atoms with Gasteiger partial charge in [0.2, 0.25) is 0 Å². The maximum Gasteiger partial charge on any atom is 0.321 e. The monoisotopic (exact) mass is 218 g/mol. The Labute approximate surface area is 90.7 Å². The fourth-order valence-corrected chi connectivity index (χ4v) is 1.27. The van der Waals surface area contributed by atoms with E-state index in [-0.39, 0.29) is 12.0 Å². The minimum absolute atomic E-state index is 0.0655. The lowest BCUT2D eigenvalue weighted by atomic mass is 9.89. The SMILES string of the molecule is CC(C)(C)CC(O)CNCC(N)C(=O)O. The molecule has 0 aliphatic carbocycles. The van der Waals surface area contributed by atoms with E-state index in [0.29, 0.717) is 13.0 Å². The zero-order valence-corrected chi connectivity index (χ0v) is 9.66. The van der Waals surface area contributed by atoms with Crippen LogP contribution in [-0.4, -0.2) is 41.4 Å². The van der Waals surface area contributed by atoms with Crippen molar-refractivity contribution in [1.82, 2.24) is 5.32 Å². The fraction of sp³-hybridized carbons (Fsp3) is 0.900. The van der Waals surface area contributed by atoms with Crippen LogP contribution in [0.1, 0.15) is 27.2 Å². The molecular formula is C10H22N2O3. The highest BCUT2D eigenvalue weighted by Gasteiger charge is 2.17. The van der Waals surface area contributed by atoms with Crippen LogP contribution in [0.25, 0.3) is 0 Å². The second-order valence-electron chi connectivity index (χ2n) is 5.02. The molecule has 0 aromatic carbocycles. The van der Waals surface area contributed by atoms with Crippen LogP contribution in [0, 0.1) is 5.41 Å². The lowest BCUT2D eigenvalue weighted by Crippen LogP contribution is -2.42. The van der Waals surface area contributed by atoms with Crippen molar-refractivity contribution in [1.29, 1.82) is 0 Å². The number of nitrogens with one attached hydrogen (secondary N) is 1. The second kappa shape index (κ2) is 6.05. The van der Waals surface area contributed by atoms with E-state index in [1.165, 1.54) is 0 Å². The summed E-state index contributed by atoms with van der Waals surface area (Å²) in [5.41, 5.74) is 5.35. The van der Waals surface area contributed by atoms with Crippen LogP contribution >= 0.6 is 0 Å². The van der Waals surface area contributed by atoms with Gasteiger partial charge in [-0.05, 0) is 11.8 Å². The average Bonchev–Trinajstić information content (AvgIpc) is 2.00. The molecule has 0 aliphatic heterocycles. The highest BCUT2D eigenvalue weighted by Crippen LogP contribution is 2.20. The lowest BCUT2D eigenvalue weighted by Gasteiger charge is -2.22. The molecule has 0 heterocycles. The van der Waals surface area contributed by atoms with Crippen molar-refractivity contribution in [3.63, 3.8) is 0 Å². The molecule has 0 radical (unpaired) electrons. The Balaban J connectivity index is 3.64. The Morgan fingerprint density at radius 3 is 2.33 bits per heavy atom. The smallest absolute Gasteiger partial charge is 0.321 e. The molecule has 0 fully saturated rings. The highest BCUT2D eigenvalue weighted by molar-refractivity contribution is 5.73. The van der Waals surface area contributed by atoms with E-state index in [1.54, 1.807) is 0 Å². The van der Waals surface area contributed by atoms with Gasteiger partial charge in [-0.2, -0.15) is 0 Å². The van der Waals surface area contributed by atoms with Gasteiger partial charge in [-0.25, -0.2) is 0 Å². The number of aliphatic carboxylic acids is 1. The summed E-state index contributed by atoms with van der Waals surface area (Å²) < 4.78 is 0. The largest absolute Gasteiger partial charge is 0.480 e. The number of hydrogen-bond donors (Lipinski definition) is 4. The molecule has 5 nitrogen and oxygen atoms in total. The first-order chi connectivity index (χ1) is 6.72. The van der Waals surface area contributed by atoms with Gasteiger partial charge in [-0.3, -0.25) is 4.79 Å². The van der Waals surface area contributed by atoms with Crippen LogP contribution in [-0.2, 0) is 4.79 Å². The third-order valence-corrected chi connectivity index (χ3v) is 1.91. The summed E-state index contributed by atoms with van der Waals surface area (Å²) >= 11 is 0. The van der Waals surface area contributed by atoms with Crippen molar-refractivity contribution in [2.75, 3.05) is 13.1 Å². The van der Waals surface area contributed by atoms with Crippen LogP contribution in [0.5, 0.6) is 0 Å². The lowest BCUT2D eigenvalue weighted by molar-refractivity contribution is -0.138. The van der Waals surface area contributed by atoms with E-state index in [2.05, 4.69) is 5.32 Å². The molecule has 2 unspecified atom stereocenters. The first-order valence-corrected chi connectivity index (χ1v) is 5.09. The second-order valence-corrected chi connectivity index (χ2v) is 5.02. The Bertz CT molecular complexity index is 201. The predicted molar refractivity (Wildman–Crippen MR) is 58.6 cm³/mol. The van der Waals surface area contributed by atoms with Gasteiger partial charge < -0.3 is 21.3 Å². The van der Waals surface area contributed by atoms with Crippen molar-refractivity contribution in [2.24, 2.45) is 11.1 Å². The maximum absolute atomic E-state index is 10.4. The molecule has 5 N–H and O–H groups in total. The van der Waals surface area contributed by atoms with E-state index in [9.17, 15) is 9.90 Å².